The fraction of sp³-hybridized carbons (Fsp3) is 0.100. The highest BCUT2D eigenvalue weighted by atomic mass is 16.5. The number of benzene rings is 10. The zero-order valence-corrected chi connectivity index (χ0v) is 47.5. The summed E-state index contributed by atoms with van der Waals surface area (Å²) in [6.45, 7) is 10.2. The molecule has 0 bridgehead atoms. The van der Waals surface area contributed by atoms with Crippen molar-refractivity contribution in [3.63, 3.8) is 0 Å². The fourth-order valence-corrected chi connectivity index (χ4v) is 7.24. The number of fused-ring (bicyclic) bond motifs is 1. The van der Waals surface area contributed by atoms with Gasteiger partial charge >= 0.3 is 0 Å². The first kappa shape index (κ1) is 63.1. The standard InChI is InChI=1S/C12H12N2.C12H11N.C9H8N2.2C8H11N.C7H9NO.2C7H9N/c13-10-7-5-9(6-8-10)11-3-1-2-4-12(11)14;13-12-8-6-11(7-9-12)10-4-2-1-3-5-10;10-8-3-4-9-7(6-8)2-1-5-11-9;1-6-3-4-7(2)8(9)5-6;1-2-7-3-5-8(9)6-4-7;1-9-7-5-3-2-4-6(7)8;1-6-2-4-7(8)5-3-6;1-6-3-2-4-7(8)5-6/h1-8H,13-14H2;1-9H,13H2;1-6H,10H2;3-5H,9H2,1-2H3;3-6H,2,9H2,1H3;2-5H,8H2,1H3;2*2-5H,8H2,1H3. The van der Waals surface area contributed by atoms with Gasteiger partial charge in [-0.05, 0) is 182 Å². The van der Waals surface area contributed by atoms with Crippen molar-refractivity contribution in [1.29, 1.82) is 0 Å². The number of aryl methyl sites for hydroxylation is 5. The van der Waals surface area contributed by atoms with E-state index in [0.717, 1.165) is 85.3 Å². The Kier molecular flexibility index (Phi) is 26.8. The third kappa shape index (κ3) is 24.2. The van der Waals surface area contributed by atoms with Crippen molar-refractivity contribution < 1.29 is 4.74 Å². The van der Waals surface area contributed by atoms with Crippen molar-refractivity contribution in [3.8, 4) is 28.0 Å². The van der Waals surface area contributed by atoms with E-state index in [2.05, 4.69) is 42.2 Å². The van der Waals surface area contributed by atoms with Gasteiger partial charge in [-0.1, -0.05) is 152 Å². The molecule has 0 atom stereocenters. The molecule has 0 spiro atoms. The van der Waals surface area contributed by atoms with Crippen LogP contribution in [0.2, 0.25) is 0 Å². The fourth-order valence-electron chi connectivity index (χ4n) is 7.24. The van der Waals surface area contributed by atoms with Crippen LogP contribution in [-0.4, -0.2) is 12.1 Å². The molecule has 0 saturated heterocycles. The second kappa shape index (κ2) is 34.4. The summed E-state index contributed by atoms with van der Waals surface area (Å²) in [5, 5.41) is 1.09. The molecule has 1 heterocycles. The number of nitrogens with two attached hydrogens (primary N) is 9. The second-order valence-corrected chi connectivity index (χ2v) is 18.7. The van der Waals surface area contributed by atoms with Crippen LogP contribution >= 0.6 is 0 Å². The lowest BCUT2D eigenvalue weighted by Gasteiger charge is -2.05. The average molecular weight is 1080 g/mol. The van der Waals surface area contributed by atoms with Gasteiger partial charge in [0.15, 0.2) is 0 Å². The molecule has 0 aliphatic heterocycles. The van der Waals surface area contributed by atoms with Crippen molar-refractivity contribution in [2.45, 2.75) is 41.0 Å². The van der Waals surface area contributed by atoms with E-state index < -0.39 is 0 Å². The summed E-state index contributed by atoms with van der Waals surface area (Å²) in [5.74, 6) is 0.734. The normalized spacial score (nSPS) is 9.60. The number of hydrogen-bond donors (Lipinski definition) is 9. The SMILES string of the molecule is CCc1ccc(N)cc1.COc1ccccc1N.Cc1ccc(C)c(N)c1.Cc1ccc(N)cc1.Cc1cccc(N)c1.Nc1ccc(-c2ccccc2)cc1.Nc1ccc(-c2ccccc2N)cc1.Nc1ccc2ncccc2c1. The van der Waals surface area contributed by atoms with E-state index in [9.17, 15) is 0 Å². The summed E-state index contributed by atoms with van der Waals surface area (Å²) in [6.07, 6.45) is 2.86. The monoisotopic (exact) mass is 1080 g/mol. The van der Waals surface area contributed by atoms with Crippen LogP contribution in [0.3, 0.4) is 0 Å². The van der Waals surface area contributed by atoms with Crippen LogP contribution in [0, 0.1) is 27.7 Å². The van der Waals surface area contributed by atoms with Crippen molar-refractivity contribution in [2.75, 3.05) is 58.7 Å². The van der Waals surface area contributed by atoms with Gasteiger partial charge in [-0.25, -0.2) is 0 Å². The third-order valence-electron chi connectivity index (χ3n) is 11.9. The van der Waals surface area contributed by atoms with Gasteiger partial charge < -0.3 is 56.3 Å². The maximum absolute atomic E-state index is 5.86. The molecular weight excluding hydrogens is 997 g/mol. The van der Waals surface area contributed by atoms with Gasteiger partial charge in [0.05, 0.1) is 18.3 Å². The lowest BCUT2D eigenvalue weighted by atomic mass is 10.0. The minimum absolute atomic E-state index is 0.681. The first-order chi connectivity index (χ1) is 38.9. The maximum Gasteiger partial charge on any atom is 0.141 e. The topological polar surface area (TPSA) is 256 Å². The molecule has 0 saturated carbocycles. The summed E-state index contributed by atoms with van der Waals surface area (Å²) < 4.78 is 4.92. The van der Waals surface area contributed by atoms with Gasteiger partial charge in [-0.3, -0.25) is 4.98 Å². The zero-order valence-electron chi connectivity index (χ0n) is 47.5. The van der Waals surface area contributed by atoms with Crippen LogP contribution in [0.15, 0.2) is 255 Å². The first-order valence-corrected chi connectivity index (χ1v) is 26.4. The number of ether oxygens (including phenoxy) is 1. The summed E-state index contributed by atoms with van der Waals surface area (Å²) in [5.41, 5.74) is 69.1. The van der Waals surface area contributed by atoms with E-state index >= 15 is 0 Å². The van der Waals surface area contributed by atoms with Crippen LogP contribution in [0.25, 0.3) is 33.2 Å². The number of hydrogen-bond acceptors (Lipinski definition) is 11. The molecule has 0 radical (unpaired) electrons. The third-order valence-corrected chi connectivity index (χ3v) is 11.9. The van der Waals surface area contributed by atoms with E-state index in [1.165, 1.54) is 33.4 Å². The maximum atomic E-state index is 5.86. The predicted octanol–water partition coefficient (Wildman–Crippen LogP) is 15.4. The average Bonchev–Trinajstić information content (AvgIpc) is 3.51. The second-order valence-electron chi connectivity index (χ2n) is 18.7. The Morgan fingerprint density at radius 1 is 0.346 bits per heavy atom. The number of para-hydroxylation sites is 3. The van der Waals surface area contributed by atoms with Gasteiger partial charge in [0.25, 0.3) is 0 Å². The molecule has 81 heavy (non-hydrogen) atoms. The van der Waals surface area contributed by atoms with Gasteiger partial charge in [-0.2, -0.15) is 0 Å². The Hall–Kier alpha value is -10.4. The van der Waals surface area contributed by atoms with Crippen LogP contribution in [0.4, 0.5) is 51.2 Å². The molecule has 416 valence electrons. The number of aromatic nitrogens is 1. The zero-order chi connectivity index (χ0) is 58.9. The number of anilines is 9. The van der Waals surface area contributed by atoms with Gasteiger partial charge in [0.2, 0.25) is 0 Å². The quantitative estimate of drug-likeness (QED) is 0.0749. The van der Waals surface area contributed by atoms with Crippen LogP contribution < -0.4 is 56.3 Å². The summed E-state index contributed by atoms with van der Waals surface area (Å²) in [6, 6.07) is 80.3. The molecule has 0 unspecified atom stereocenters. The number of rotatable bonds is 4. The molecule has 18 N–H and O–H groups in total. The van der Waals surface area contributed by atoms with Crippen molar-refractivity contribution in [3.05, 3.63) is 283 Å². The number of nitrogen functional groups attached to an aromatic ring is 9. The minimum atomic E-state index is 0.681. The molecule has 0 amide bonds. The highest BCUT2D eigenvalue weighted by Gasteiger charge is 2.01. The number of methoxy groups -OCH3 is 1. The van der Waals surface area contributed by atoms with Crippen molar-refractivity contribution in [2.24, 2.45) is 0 Å². The van der Waals surface area contributed by atoms with Gasteiger partial charge in [-0.15, -0.1) is 0 Å². The molecule has 0 fully saturated rings. The molecule has 0 aliphatic carbocycles. The Morgan fingerprint density at radius 2 is 0.827 bits per heavy atom. The molecule has 10 aromatic carbocycles. The molecular formula is C70H80N10O. The molecule has 11 aromatic rings. The van der Waals surface area contributed by atoms with Crippen molar-refractivity contribution in [1.82, 2.24) is 4.98 Å². The van der Waals surface area contributed by atoms with Crippen LogP contribution in [0.1, 0.15) is 34.7 Å². The van der Waals surface area contributed by atoms with E-state index in [4.69, 9.17) is 56.3 Å². The first-order valence-electron chi connectivity index (χ1n) is 26.4. The largest absolute Gasteiger partial charge is 0.495 e. The molecule has 11 rings (SSSR count). The predicted molar refractivity (Wildman–Crippen MR) is 352 cm³/mol. The summed E-state index contributed by atoms with van der Waals surface area (Å²) in [4.78, 5) is 4.17. The Balaban J connectivity index is 0.000000201. The van der Waals surface area contributed by atoms with E-state index in [0.29, 0.717) is 5.69 Å². The molecule has 11 heteroatoms. The van der Waals surface area contributed by atoms with Crippen LogP contribution in [0.5, 0.6) is 5.75 Å². The number of pyridine rings is 1. The van der Waals surface area contributed by atoms with E-state index in [1.807, 2.05) is 240 Å². The highest BCUT2D eigenvalue weighted by molar-refractivity contribution is 5.81. The van der Waals surface area contributed by atoms with E-state index in [1.54, 1.807) is 19.4 Å². The highest BCUT2D eigenvalue weighted by Crippen LogP contribution is 2.26. The van der Waals surface area contributed by atoms with Gasteiger partial charge in [0, 0.05) is 62.6 Å². The Morgan fingerprint density at radius 3 is 1.32 bits per heavy atom. The molecule has 1 aromatic heterocycles. The van der Waals surface area contributed by atoms with Crippen molar-refractivity contribution >= 4 is 62.1 Å². The van der Waals surface area contributed by atoms with Crippen LogP contribution in [-0.2, 0) is 6.42 Å². The Labute approximate surface area is 480 Å². The smallest absolute Gasteiger partial charge is 0.141 e. The van der Waals surface area contributed by atoms with Gasteiger partial charge in [0.1, 0.15) is 5.75 Å². The Bertz CT molecular complexity index is 3480. The minimum Gasteiger partial charge on any atom is -0.495 e. The van der Waals surface area contributed by atoms with E-state index in [-0.39, 0.29) is 0 Å². The number of nitrogens with zero attached hydrogens (tertiary/aromatic N) is 1. The summed E-state index contributed by atoms with van der Waals surface area (Å²) >= 11 is 0. The molecule has 11 nitrogen and oxygen atoms in total. The molecule has 0 aliphatic rings. The summed E-state index contributed by atoms with van der Waals surface area (Å²) in [7, 11) is 1.60. The lowest BCUT2D eigenvalue weighted by Crippen LogP contribution is -1.89. The lowest BCUT2D eigenvalue weighted by molar-refractivity contribution is 0.417.